The first-order valence-electron chi connectivity index (χ1n) is 13.2. The predicted molar refractivity (Wildman–Crippen MR) is 157 cm³/mol. The summed E-state index contributed by atoms with van der Waals surface area (Å²) in [6.45, 7) is 8.16. The van der Waals surface area contributed by atoms with E-state index in [-0.39, 0.29) is 0 Å². The molecule has 41 heavy (non-hydrogen) atoms. The van der Waals surface area contributed by atoms with Crippen molar-refractivity contribution in [2.45, 2.75) is 32.3 Å². The van der Waals surface area contributed by atoms with Gasteiger partial charge in [0.15, 0.2) is 5.60 Å². The Bertz CT molecular complexity index is 1250. The molecule has 0 saturated heterocycles. The minimum atomic E-state index is -2.74. The fraction of sp³-hybridized carbons (Fsp3) is 0.281. The lowest BCUT2D eigenvalue weighted by atomic mass is 9.95. The van der Waals surface area contributed by atoms with Gasteiger partial charge in [-0.05, 0) is 53.6 Å². The highest BCUT2D eigenvalue weighted by atomic mass is 16.5. The van der Waals surface area contributed by atoms with Crippen LogP contribution in [0.4, 0.5) is 0 Å². The molecule has 9 nitrogen and oxygen atoms in total. The van der Waals surface area contributed by atoms with Crippen molar-refractivity contribution in [2.75, 3.05) is 26.2 Å². The molecule has 0 saturated carbocycles. The molecule has 0 spiro atoms. The van der Waals surface area contributed by atoms with E-state index in [2.05, 4.69) is 104 Å². The molecule has 0 bridgehead atoms. The zero-order chi connectivity index (χ0) is 30.3. The number of ether oxygens (including phenoxy) is 1. The molecule has 0 aliphatic rings. The van der Waals surface area contributed by atoms with Gasteiger partial charge in [0.2, 0.25) is 0 Å². The van der Waals surface area contributed by atoms with Gasteiger partial charge in [-0.1, -0.05) is 86.6 Å². The number of nitrogens with zero attached hydrogens (tertiary/aromatic N) is 1. The Balaban J connectivity index is 0.000000383. The summed E-state index contributed by atoms with van der Waals surface area (Å²) >= 11 is 0. The lowest BCUT2D eigenvalue weighted by molar-refractivity contribution is -0.170. The average molecular weight is 564 g/mol. The monoisotopic (exact) mass is 563 g/mol. The molecule has 0 fully saturated rings. The van der Waals surface area contributed by atoms with Crippen molar-refractivity contribution in [1.82, 2.24) is 4.90 Å². The minimum absolute atomic E-state index is 0.715. The van der Waals surface area contributed by atoms with Crippen LogP contribution in [0.1, 0.15) is 43.4 Å². The van der Waals surface area contributed by atoms with E-state index in [4.69, 9.17) is 25.2 Å². The molecule has 0 heterocycles. The highest BCUT2D eigenvalue weighted by Crippen LogP contribution is 2.27. The molecule has 0 aliphatic carbocycles. The highest BCUT2D eigenvalue weighted by molar-refractivity contribution is 5.91. The summed E-state index contributed by atoms with van der Waals surface area (Å²) < 4.78 is 5.94. The zero-order valence-corrected chi connectivity index (χ0v) is 23.3. The van der Waals surface area contributed by atoms with Gasteiger partial charge in [-0.2, -0.15) is 0 Å². The molecular formula is C32H37NO8. The molecule has 218 valence electrons. The maximum Gasteiger partial charge on any atom is 0.336 e. The van der Waals surface area contributed by atoms with Crippen molar-refractivity contribution in [3.8, 4) is 5.75 Å². The van der Waals surface area contributed by atoms with Gasteiger partial charge in [-0.25, -0.2) is 4.79 Å². The average Bonchev–Trinajstić information content (AvgIpc) is 2.95. The number of aliphatic carboxylic acids is 3. The van der Waals surface area contributed by atoms with E-state index in [1.165, 1.54) is 22.3 Å². The topological polar surface area (TPSA) is 145 Å². The van der Waals surface area contributed by atoms with Crippen molar-refractivity contribution in [3.63, 3.8) is 0 Å². The van der Waals surface area contributed by atoms with Crippen molar-refractivity contribution < 1.29 is 39.5 Å². The van der Waals surface area contributed by atoms with Crippen molar-refractivity contribution in [2.24, 2.45) is 0 Å². The first kappa shape index (κ1) is 32.7. The van der Waals surface area contributed by atoms with E-state index in [1.807, 2.05) is 6.07 Å². The Morgan fingerprint density at radius 1 is 0.756 bits per heavy atom. The van der Waals surface area contributed by atoms with Crippen LogP contribution < -0.4 is 4.74 Å². The van der Waals surface area contributed by atoms with Gasteiger partial charge in [-0.3, -0.25) is 9.59 Å². The van der Waals surface area contributed by atoms with Crippen LogP contribution in [0.5, 0.6) is 5.75 Å². The number of hydrogen-bond acceptors (Lipinski definition) is 6. The van der Waals surface area contributed by atoms with Crippen LogP contribution in [0.15, 0.2) is 84.9 Å². The second kappa shape index (κ2) is 16.6. The third kappa shape index (κ3) is 11.3. The Hall–Kier alpha value is -4.47. The molecule has 0 aliphatic heterocycles. The van der Waals surface area contributed by atoms with E-state index in [9.17, 15) is 14.4 Å². The third-order valence-electron chi connectivity index (χ3n) is 6.22. The third-order valence-corrected chi connectivity index (χ3v) is 6.22. The molecule has 9 heteroatoms. The molecule has 3 aromatic rings. The minimum Gasteiger partial charge on any atom is -0.492 e. The van der Waals surface area contributed by atoms with Crippen LogP contribution >= 0.6 is 0 Å². The Kier molecular flexibility index (Phi) is 13.2. The quantitative estimate of drug-likeness (QED) is 0.204. The summed E-state index contributed by atoms with van der Waals surface area (Å²) in [6.07, 6.45) is -0.0468. The number of benzene rings is 3. The van der Waals surface area contributed by atoms with Crippen LogP contribution in [0.2, 0.25) is 0 Å². The maximum absolute atomic E-state index is 10.3. The molecule has 3 aromatic carbocycles. The van der Waals surface area contributed by atoms with Gasteiger partial charge in [0, 0.05) is 6.54 Å². The van der Waals surface area contributed by atoms with Crippen LogP contribution in [0.3, 0.4) is 0 Å². The van der Waals surface area contributed by atoms with Gasteiger partial charge < -0.3 is 30.1 Å². The van der Waals surface area contributed by atoms with Crippen molar-refractivity contribution >= 4 is 29.6 Å². The number of likely N-dealkylation sites (N-methyl/N-ethyl adjacent to an activating group) is 1. The molecular weight excluding hydrogens is 526 g/mol. The fourth-order valence-electron chi connectivity index (χ4n) is 3.94. The van der Waals surface area contributed by atoms with E-state index in [0.29, 0.717) is 6.61 Å². The van der Waals surface area contributed by atoms with Gasteiger partial charge in [0.1, 0.15) is 12.4 Å². The van der Waals surface area contributed by atoms with Crippen molar-refractivity contribution in [1.29, 1.82) is 0 Å². The van der Waals surface area contributed by atoms with Crippen LogP contribution in [-0.4, -0.2) is 75.1 Å². The molecule has 0 unspecified atom stereocenters. The van der Waals surface area contributed by atoms with Crippen LogP contribution in [-0.2, 0) is 14.4 Å². The Morgan fingerprint density at radius 2 is 1.24 bits per heavy atom. The number of carboxylic acids is 3. The van der Waals surface area contributed by atoms with Crippen molar-refractivity contribution in [3.05, 3.63) is 102 Å². The number of hydrogen-bond donors (Lipinski definition) is 4. The highest BCUT2D eigenvalue weighted by Gasteiger charge is 2.40. The van der Waals surface area contributed by atoms with E-state index in [0.717, 1.165) is 25.4 Å². The summed E-state index contributed by atoms with van der Waals surface area (Å²) in [4.78, 5) is 32.9. The van der Waals surface area contributed by atoms with Crippen LogP contribution in [0.25, 0.3) is 11.6 Å². The molecule has 3 rings (SSSR count). The zero-order valence-electron chi connectivity index (χ0n) is 23.3. The second-order valence-corrected chi connectivity index (χ2v) is 9.21. The fourth-order valence-corrected chi connectivity index (χ4v) is 3.94. The summed E-state index contributed by atoms with van der Waals surface area (Å²) in [5.41, 5.74) is 2.06. The number of carboxylic acid groups (broad SMARTS) is 3. The molecule has 0 aromatic heterocycles. The lowest BCUT2D eigenvalue weighted by Gasteiger charge is -2.18. The summed E-state index contributed by atoms with van der Waals surface area (Å²) in [7, 11) is 0. The normalized spacial score (nSPS) is 11.4. The molecule has 0 radical (unpaired) electrons. The summed E-state index contributed by atoms with van der Waals surface area (Å²) in [5, 5.41) is 33.8. The number of carbonyl (C=O) groups is 3. The molecule has 0 amide bonds. The lowest BCUT2D eigenvalue weighted by Crippen LogP contribution is -2.42. The van der Waals surface area contributed by atoms with E-state index >= 15 is 0 Å². The molecule has 0 atom stereocenters. The number of rotatable bonds is 14. The maximum atomic E-state index is 10.3. The standard InChI is InChI=1S/C26H29NO.C6H8O7/c1-3-27(4-2)19-20-28-25-17-15-24(16-18-25)26(23-13-9-6-10-14-23)21-22-11-7-5-8-12-22;7-3(8)1-6(13,5(11)12)2-4(9)10/h5-18,21H,3-4,19-20H2,1-2H3;13H,1-2H2,(H,7,8)(H,9,10)(H,11,12)/b26-21+;. The first-order valence-corrected chi connectivity index (χ1v) is 13.2. The van der Waals surface area contributed by atoms with Gasteiger partial charge in [-0.15, -0.1) is 0 Å². The van der Waals surface area contributed by atoms with Gasteiger partial charge in [0.25, 0.3) is 0 Å². The SMILES string of the molecule is CCN(CC)CCOc1ccc(/C(=C/c2ccccc2)c2ccccc2)cc1.O=C(O)CC(O)(CC(=O)O)C(=O)O. The largest absolute Gasteiger partial charge is 0.492 e. The second-order valence-electron chi connectivity index (χ2n) is 9.21. The Morgan fingerprint density at radius 3 is 1.71 bits per heavy atom. The van der Waals surface area contributed by atoms with Gasteiger partial charge in [0.05, 0.1) is 12.8 Å². The first-order chi connectivity index (χ1) is 19.6. The van der Waals surface area contributed by atoms with Gasteiger partial charge >= 0.3 is 17.9 Å². The smallest absolute Gasteiger partial charge is 0.336 e. The predicted octanol–water partition coefficient (Wildman–Crippen LogP) is 4.75. The summed E-state index contributed by atoms with van der Waals surface area (Å²) in [6, 6.07) is 29.4. The Labute approximate surface area is 240 Å². The summed E-state index contributed by atoms with van der Waals surface area (Å²) in [5.74, 6) is -4.10. The molecule has 4 N–H and O–H groups in total. The number of aliphatic hydroxyl groups is 1. The van der Waals surface area contributed by atoms with Crippen LogP contribution in [0, 0.1) is 0 Å². The van der Waals surface area contributed by atoms with E-state index < -0.39 is 36.4 Å². The van der Waals surface area contributed by atoms with E-state index in [1.54, 1.807) is 0 Å².